The molecule has 3 rings (SSSR count). The van der Waals surface area contributed by atoms with E-state index in [2.05, 4.69) is 33.7 Å². The first kappa shape index (κ1) is 26.8. The minimum Gasteiger partial charge on any atom is -0.426 e. The molecule has 7 nitrogen and oxygen atoms in total. The van der Waals surface area contributed by atoms with Crippen LogP contribution in [0.4, 0.5) is 5.69 Å². The zero-order chi connectivity index (χ0) is 25.5. The Labute approximate surface area is 209 Å². The predicted molar refractivity (Wildman–Crippen MR) is 140 cm³/mol. The molecule has 0 aliphatic heterocycles. The fourth-order valence-corrected chi connectivity index (χ4v) is 4.81. The molecule has 1 aliphatic carbocycles. The molecule has 8 heteroatoms. The second kappa shape index (κ2) is 12.2. The molecular formula is C27H38BN3O4. The van der Waals surface area contributed by atoms with E-state index in [1.54, 1.807) is 0 Å². The van der Waals surface area contributed by atoms with Crippen LogP contribution in [-0.4, -0.2) is 55.1 Å². The van der Waals surface area contributed by atoms with Crippen LogP contribution in [0, 0.1) is 11.8 Å². The largest absolute Gasteiger partial charge is 0.475 e. The van der Waals surface area contributed by atoms with Crippen LogP contribution in [0.15, 0.2) is 48.5 Å². The van der Waals surface area contributed by atoms with Gasteiger partial charge in [0, 0.05) is 32.1 Å². The Morgan fingerprint density at radius 3 is 2.40 bits per heavy atom. The van der Waals surface area contributed by atoms with Gasteiger partial charge in [0.2, 0.25) is 11.8 Å². The van der Waals surface area contributed by atoms with Gasteiger partial charge in [-0.3, -0.25) is 9.59 Å². The summed E-state index contributed by atoms with van der Waals surface area (Å²) in [7, 11) is 2.33. The molecule has 0 bridgehead atoms. The van der Waals surface area contributed by atoms with Crippen molar-refractivity contribution in [3.8, 4) is 0 Å². The molecule has 2 aromatic rings. The van der Waals surface area contributed by atoms with Gasteiger partial charge in [-0.1, -0.05) is 56.3 Å². The van der Waals surface area contributed by atoms with Gasteiger partial charge in [-0.15, -0.1) is 0 Å². The zero-order valence-electron chi connectivity index (χ0n) is 21.2. The van der Waals surface area contributed by atoms with Gasteiger partial charge in [0.15, 0.2) is 0 Å². The number of fused-ring (bicyclic) bond motifs is 1. The molecule has 35 heavy (non-hydrogen) atoms. The van der Waals surface area contributed by atoms with Crippen LogP contribution in [0.1, 0.15) is 43.4 Å². The molecule has 0 heterocycles. The van der Waals surface area contributed by atoms with Crippen molar-refractivity contribution in [1.82, 2.24) is 10.6 Å². The summed E-state index contributed by atoms with van der Waals surface area (Å²) in [6.07, 6.45) is 2.90. The van der Waals surface area contributed by atoms with E-state index in [0.717, 1.165) is 24.1 Å². The topological polar surface area (TPSA) is 102 Å². The van der Waals surface area contributed by atoms with Crippen LogP contribution in [0.2, 0.25) is 0 Å². The lowest BCUT2D eigenvalue weighted by atomic mass is 9.75. The number of aryl methyl sites for hydroxylation is 1. The predicted octanol–water partition coefficient (Wildman–Crippen LogP) is 2.13. The van der Waals surface area contributed by atoms with Crippen molar-refractivity contribution in [2.24, 2.45) is 11.8 Å². The Balaban J connectivity index is 1.77. The molecule has 0 spiro atoms. The third-order valence-electron chi connectivity index (χ3n) is 6.64. The molecule has 0 aromatic heterocycles. The average Bonchev–Trinajstić information content (AvgIpc) is 2.82. The second-order valence-corrected chi connectivity index (χ2v) is 10.2. The molecule has 1 unspecified atom stereocenters. The SMILES string of the molecule is CC(C)C[C@H](NC(=O)[C@H](Cc1ccccc1)NC(=O)C1CCc2cccc(N(C)C)c2C1)B(O)O. The van der Waals surface area contributed by atoms with Gasteiger partial charge in [0.25, 0.3) is 0 Å². The van der Waals surface area contributed by atoms with Crippen molar-refractivity contribution in [3.05, 3.63) is 65.2 Å². The maximum absolute atomic E-state index is 13.4. The first-order chi connectivity index (χ1) is 16.7. The minimum absolute atomic E-state index is 0.148. The van der Waals surface area contributed by atoms with Crippen LogP contribution in [0.3, 0.4) is 0 Å². The summed E-state index contributed by atoms with van der Waals surface area (Å²) in [5.41, 5.74) is 4.49. The van der Waals surface area contributed by atoms with E-state index < -0.39 is 25.0 Å². The Morgan fingerprint density at radius 2 is 1.77 bits per heavy atom. The number of nitrogens with zero attached hydrogens (tertiary/aromatic N) is 1. The number of hydrogen-bond donors (Lipinski definition) is 4. The molecule has 0 saturated carbocycles. The van der Waals surface area contributed by atoms with Crippen LogP contribution in [-0.2, 0) is 28.9 Å². The standard InChI is InChI=1S/C27H38BN3O4/c1-18(2)15-25(28(34)35)30-27(33)23(16-19-9-6-5-7-10-19)29-26(32)21-14-13-20-11-8-12-24(31(3)4)22(20)17-21/h5-12,18,21,23,25,34-35H,13-17H2,1-4H3,(H,29,32)(H,30,33)/t21?,23-,25-/m0/s1. The van der Waals surface area contributed by atoms with E-state index in [9.17, 15) is 19.6 Å². The molecule has 0 fully saturated rings. The highest BCUT2D eigenvalue weighted by molar-refractivity contribution is 6.43. The number of nitrogens with one attached hydrogen (secondary N) is 2. The quantitative estimate of drug-likeness (QED) is 0.391. The van der Waals surface area contributed by atoms with E-state index in [4.69, 9.17) is 0 Å². The highest BCUT2D eigenvalue weighted by Gasteiger charge is 2.33. The van der Waals surface area contributed by atoms with E-state index >= 15 is 0 Å². The fraction of sp³-hybridized carbons (Fsp3) is 0.481. The number of rotatable bonds is 10. The van der Waals surface area contributed by atoms with Crippen molar-refractivity contribution in [1.29, 1.82) is 0 Å². The first-order valence-electron chi connectivity index (χ1n) is 12.4. The van der Waals surface area contributed by atoms with Crippen molar-refractivity contribution in [3.63, 3.8) is 0 Å². The van der Waals surface area contributed by atoms with Gasteiger partial charge in [0.05, 0.1) is 5.94 Å². The van der Waals surface area contributed by atoms with Crippen molar-refractivity contribution in [2.75, 3.05) is 19.0 Å². The van der Waals surface area contributed by atoms with E-state index in [1.807, 2.05) is 58.3 Å². The summed E-state index contributed by atoms with van der Waals surface area (Å²) in [5.74, 6) is -1.43. The molecule has 2 aromatic carbocycles. The summed E-state index contributed by atoms with van der Waals surface area (Å²) < 4.78 is 0. The van der Waals surface area contributed by atoms with Crippen molar-refractivity contribution < 1.29 is 19.6 Å². The average molecular weight is 479 g/mol. The van der Waals surface area contributed by atoms with Crippen LogP contribution >= 0.6 is 0 Å². The molecule has 1 aliphatic rings. The molecule has 0 saturated heterocycles. The molecule has 4 N–H and O–H groups in total. The monoisotopic (exact) mass is 479 g/mol. The zero-order valence-corrected chi connectivity index (χ0v) is 21.2. The molecule has 3 atom stereocenters. The summed E-state index contributed by atoms with van der Waals surface area (Å²) in [5, 5.41) is 25.3. The summed E-state index contributed by atoms with van der Waals surface area (Å²) in [6.45, 7) is 3.90. The number of carbonyl (C=O) groups is 2. The molecule has 188 valence electrons. The summed E-state index contributed by atoms with van der Waals surface area (Å²) >= 11 is 0. The van der Waals surface area contributed by atoms with Crippen LogP contribution < -0.4 is 15.5 Å². The number of carbonyl (C=O) groups excluding carboxylic acids is 2. The third-order valence-corrected chi connectivity index (χ3v) is 6.64. The van der Waals surface area contributed by atoms with E-state index in [0.29, 0.717) is 19.3 Å². The van der Waals surface area contributed by atoms with Crippen molar-refractivity contribution >= 4 is 24.6 Å². The van der Waals surface area contributed by atoms with Gasteiger partial charge in [-0.25, -0.2) is 0 Å². The van der Waals surface area contributed by atoms with Crippen LogP contribution in [0.5, 0.6) is 0 Å². The summed E-state index contributed by atoms with van der Waals surface area (Å²) in [6, 6.07) is 15.0. The minimum atomic E-state index is -1.67. The van der Waals surface area contributed by atoms with Gasteiger partial charge in [-0.2, -0.15) is 0 Å². The molecular weight excluding hydrogens is 441 g/mol. The Bertz CT molecular complexity index is 997. The normalized spacial score (nSPS) is 16.7. The maximum Gasteiger partial charge on any atom is 0.475 e. The van der Waals surface area contributed by atoms with Gasteiger partial charge in [-0.05, 0) is 54.4 Å². The highest BCUT2D eigenvalue weighted by atomic mass is 16.4. The van der Waals surface area contributed by atoms with E-state index in [-0.39, 0.29) is 17.7 Å². The lowest BCUT2D eigenvalue weighted by molar-refractivity contribution is -0.131. The van der Waals surface area contributed by atoms with Gasteiger partial charge >= 0.3 is 7.12 Å². The summed E-state index contributed by atoms with van der Waals surface area (Å²) in [4.78, 5) is 28.7. The Morgan fingerprint density at radius 1 is 1.06 bits per heavy atom. The number of amides is 2. The van der Waals surface area contributed by atoms with E-state index in [1.165, 1.54) is 11.1 Å². The van der Waals surface area contributed by atoms with Crippen LogP contribution in [0.25, 0.3) is 0 Å². The lowest BCUT2D eigenvalue weighted by Crippen LogP contribution is -2.55. The Hall–Kier alpha value is -2.84. The van der Waals surface area contributed by atoms with Gasteiger partial charge < -0.3 is 25.6 Å². The number of hydrogen-bond acceptors (Lipinski definition) is 5. The second-order valence-electron chi connectivity index (χ2n) is 10.2. The van der Waals surface area contributed by atoms with Crippen molar-refractivity contribution in [2.45, 2.75) is 57.9 Å². The number of benzene rings is 2. The smallest absolute Gasteiger partial charge is 0.426 e. The fourth-order valence-electron chi connectivity index (χ4n) is 4.81. The lowest BCUT2D eigenvalue weighted by Gasteiger charge is -2.30. The first-order valence-corrected chi connectivity index (χ1v) is 12.4. The molecule has 0 radical (unpaired) electrons. The number of anilines is 1. The highest BCUT2D eigenvalue weighted by Crippen LogP contribution is 2.32. The van der Waals surface area contributed by atoms with Gasteiger partial charge in [0.1, 0.15) is 6.04 Å². The molecule has 2 amide bonds. The Kier molecular flexibility index (Phi) is 9.35. The third kappa shape index (κ3) is 7.32. The maximum atomic E-state index is 13.4.